The average molecular weight is 785 g/mol. The molecule has 0 aliphatic heterocycles. The van der Waals surface area contributed by atoms with Crippen LogP contribution in [0.3, 0.4) is 0 Å². The van der Waals surface area contributed by atoms with E-state index in [2.05, 4.69) is 193 Å². The van der Waals surface area contributed by atoms with Gasteiger partial charge in [0.15, 0.2) is 0 Å². The molecule has 3 heteroatoms. The van der Waals surface area contributed by atoms with Gasteiger partial charge in [0, 0.05) is 10.8 Å². The minimum atomic E-state index is 0. The van der Waals surface area contributed by atoms with Crippen molar-refractivity contribution in [2.24, 2.45) is 61.1 Å². The minimum absolute atomic E-state index is 0. The maximum Gasteiger partial charge on any atom is 4.00 e. The van der Waals surface area contributed by atoms with E-state index in [1.807, 2.05) is 0 Å². The largest absolute Gasteiger partial charge is 4.00 e. The van der Waals surface area contributed by atoms with Crippen LogP contribution in [0.2, 0.25) is 0 Å². The van der Waals surface area contributed by atoms with Crippen LogP contribution in [0.4, 0.5) is 0 Å². The van der Waals surface area contributed by atoms with Crippen LogP contribution in [0.25, 0.3) is 0 Å². The van der Waals surface area contributed by atoms with Gasteiger partial charge in [0.25, 0.3) is 0 Å². The molecule has 2 saturated carbocycles. The number of hydrogen-bond donors (Lipinski definition) is 0. The van der Waals surface area contributed by atoms with E-state index in [1.54, 1.807) is 11.1 Å². The van der Waals surface area contributed by atoms with Crippen LogP contribution in [-0.4, -0.2) is 0 Å². The Kier molecular flexibility index (Phi) is 10.7. The molecule has 50 heavy (non-hydrogen) atoms. The van der Waals surface area contributed by atoms with Gasteiger partial charge in [-0.2, -0.15) is 11.1 Å². The number of fused-ring (bicyclic) bond motifs is 9. The van der Waals surface area contributed by atoms with Crippen LogP contribution in [0.1, 0.15) is 88.6 Å². The summed E-state index contributed by atoms with van der Waals surface area (Å²) in [7, 11) is 0. The summed E-state index contributed by atoms with van der Waals surface area (Å²) in [5, 5.41) is 0. The van der Waals surface area contributed by atoms with Crippen LogP contribution in [-0.2, 0) is 32.6 Å². The van der Waals surface area contributed by atoms with E-state index < -0.39 is 0 Å². The van der Waals surface area contributed by atoms with Gasteiger partial charge >= 0.3 is 26.2 Å². The molecule has 0 amide bonds. The molecular formula is C47H58Cl2Zr. The van der Waals surface area contributed by atoms with E-state index in [1.165, 1.54) is 16.7 Å². The predicted molar refractivity (Wildman–Crippen MR) is 200 cm³/mol. The summed E-state index contributed by atoms with van der Waals surface area (Å²) in [5.41, 5.74) is 8.22. The van der Waals surface area contributed by atoms with Gasteiger partial charge in [-0.25, -0.2) is 5.57 Å². The van der Waals surface area contributed by atoms with Crippen LogP contribution < -0.4 is 24.8 Å². The third-order valence-corrected chi connectivity index (χ3v) is 16.2. The van der Waals surface area contributed by atoms with E-state index in [0.717, 1.165) is 6.42 Å². The Morgan fingerprint density at radius 2 is 1.26 bits per heavy atom. The Hall–Kier alpha value is -1.40. The number of allylic oxidation sites excluding steroid dienone is 16. The summed E-state index contributed by atoms with van der Waals surface area (Å²) >= 11 is 0. The molecule has 0 nitrogen and oxygen atoms in total. The topological polar surface area (TPSA) is 0 Å². The van der Waals surface area contributed by atoms with Crippen molar-refractivity contribution in [2.75, 3.05) is 0 Å². The monoisotopic (exact) mass is 782 g/mol. The van der Waals surface area contributed by atoms with Crippen LogP contribution in [0.15, 0.2) is 119 Å². The second-order valence-corrected chi connectivity index (χ2v) is 18.3. The summed E-state index contributed by atoms with van der Waals surface area (Å²) in [5.74, 6) is 1.65. The van der Waals surface area contributed by atoms with E-state index in [9.17, 15) is 0 Å². The number of hydrogen-bond acceptors (Lipinski definition) is 0. The molecule has 2 bridgehead atoms. The smallest absolute Gasteiger partial charge is 1.00 e. The molecule has 0 heterocycles. The van der Waals surface area contributed by atoms with Crippen molar-refractivity contribution in [1.82, 2.24) is 0 Å². The Bertz CT molecular complexity index is 1760. The standard InChI is InChI=1S/C29H37.C18H21.2ClH.Zr/c1-21-14-13-15-22-20-27(6)25(4)18-10-9-16-23(25,2)24(3)17-11-12-19-26(24,5)29(27,8)28(21,22)7;1-12-10-15-14(11-13-8-6-5-7-9-13)16(12)17(15)18(2,3)4;;;/h9-20,22H,1-8H3;5-9,12,14H,11H2,1-4H3;2*1H;/q2*-1;;;+4/p-2. The second-order valence-electron chi connectivity index (χ2n) is 18.3. The summed E-state index contributed by atoms with van der Waals surface area (Å²) in [4.78, 5) is 0. The molecule has 8 aliphatic rings. The van der Waals surface area contributed by atoms with Crippen molar-refractivity contribution >= 4 is 0 Å². The van der Waals surface area contributed by atoms with Gasteiger partial charge in [-0.3, -0.25) is 6.08 Å². The molecule has 2 fully saturated rings. The van der Waals surface area contributed by atoms with Crippen molar-refractivity contribution < 1.29 is 51.0 Å². The first-order valence-corrected chi connectivity index (χ1v) is 18.3. The molecular weight excluding hydrogens is 727 g/mol. The molecule has 8 aliphatic carbocycles. The van der Waals surface area contributed by atoms with Crippen LogP contribution in [0.5, 0.6) is 0 Å². The fourth-order valence-corrected chi connectivity index (χ4v) is 12.7. The molecule has 264 valence electrons. The summed E-state index contributed by atoms with van der Waals surface area (Å²) in [6.45, 7) is 29.6. The number of benzene rings is 1. The zero-order valence-corrected chi connectivity index (χ0v) is 36.5. The second kappa shape index (κ2) is 12.9. The van der Waals surface area contributed by atoms with Gasteiger partial charge in [-0.1, -0.05) is 184 Å². The van der Waals surface area contributed by atoms with E-state index in [-0.39, 0.29) is 94.3 Å². The van der Waals surface area contributed by atoms with Gasteiger partial charge < -0.3 is 31.2 Å². The Balaban J connectivity index is 0.000000233. The third kappa shape index (κ3) is 4.63. The average Bonchev–Trinajstić information content (AvgIpc) is 3.60. The molecule has 1 aromatic rings. The van der Waals surface area contributed by atoms with Crippen LogP contribution >= 0.6 is 0 Å². The van der Waals surface area contributed by atoms with Gasteiger partial charge in [0.2, 0.25) is 0 Å². The molecule has 10 unspecified atom stereocenters. The molecule has 0 aromatic heterocycles. The molecule has 0 N–H and O–H groups in total. The molecule has 0 radical (unpaired) electrons. The molecule has 10 atom stereocenters. The summed E-state index contributed by atoms with van der Waals surface area (Å²) < 4.78 is 0. The first kappa shape index (κ1) is 41.4. The van der Waals surface area contributed by atoms with Crippen molar-refractivity contribution in [3.8, 4) is 0 Å². The minimum Gasteiger partial charge on any atom is -1.00 e. The van der Waals surface area contributed by atoms with Crippen molar-refractivity contribution in [3.05, 3.63) is 138 Å². The SMILES string of the molecule is CC1=CC=CC2[CH-]C3(C)C4(C)C=CC=CC4(C)C4(C)C=CC=CC4(C)C3(C)C12C.CC1[C-]=C2C(C(C)(C)C)=C1C2Cc1ccccc1.[Cl-].[Cl-].[Zr+4]. The fourth-order valence-electron chi connectivity index (χ4n) is 12.7. The third-order valence-electron chi connectivity index (χ3n) is 16.2. The molecule has 9 rings (SSSR count). The van der Waals surface area contributed by atoms with Gasteiger partial charge in [-0.05, 0) is 46.5 Å². The zero-order chi connectivity index (χ0) is 34.1. The van der Waals surface area contributed by atoms with Gasteiger partial charge in [0.1, 0.15) is 0 Å². The Morgan fingerprint density at radius 3 is 1.78 bits per heavy atom. The summed E-state index contributed by atoms with van der Waals surface area (Å²) in [6.07, 6.45) is 34.1. The summed E-state index contributed by atoms with van der Waals surface area (Å²) in [6, 6.07) is 10.8. The zero-order valence-electron chi connectivity index (χ0n) is 32.5. The van der Waals surface area contributed by atoms with E-state index in [0.29, 0.717) is 17.8 Å². The predicted octanol–water partition coefficient (Wildman–Crippen LogP) is 6.23. The van der Waals surface area contributed by atoms with Crippen molar-refractivity contribution in [3.63, 3.8) is 0 Å². The maximum atomic E-state index is 3.66. The van der Waals surface area contributed by atoms with Crippen molar-refractivity contribution in [1.29, 1.82) is 0 Å². The normalized spacial score (nSPS) is 43.6. The Morgan fingerprint density at radius 1 is 0.740 bits per heavy atom. The maximum absolute atomic E-state index is 3.66. The first-order chi connectivity index (χ1) is 21.9. The van der Waals surface area contributed by atoms with E-state index in [4.69, 9.17) is 0 Å². The van der Waals surface area contributed by atoms with Crippen LogP contribution in [0, 0.1) is 73.6 Å². The van der Waals surface area contributed by atoms with E-state index >= 15 is 0 Å². The molecule has 0 saturated heterocycles. The Labute approximate surface area is 336 Å². The number of halogens is 2. The van der Waals surface area contributed by atoms with Crippen molar-refractivity contribution in [2.45, 2.75) is 89.5 Å². The molecule has 1 aromatic carbocycles. The first-order valence-electron chi connectivity index (χ1n) is 18.3. The number of rotatable bonds is 2. The molecule has 0 spiro atoms. The van der Waals surface area contributed by atoms with Gasteiger partial charge in [-0.15, -0.1) is 17.4 Å². The fraction of sp³-hybridized carbons (Fsp3) is 0.511. The quantitative estimate of drug-likeness (QED) is 0.313. The van der Waals surface area contributed by atoms with Gasteiger partial charge in [0.05, 0.1) is 0 Å².